The Balaban J connectivity index is 2.15. The van der Waals surface area contributed by atoms with Crippen molar-refractivity contribution in [1.82, 2.24) is 9.62 Å². The van der Waals surface area contributed by atoms with Crippen LogP contribution in [0, 0.1) is 11.8 Å². The highest BCUT2D eigenvalue weighted by Crippen LogP contribution is 2.30. The van der Waals surface area contributed by atoms with Crippen LogP contribution in [0.25, 0.3) is 0 Å². The van der Waals surface area contributed by atoms with Crippen molar-refractivity contribution in [1.29, 1.82) is 0 Å². The lowest BCUT2D eigenvalue weighted by atomic mass is 9.83. The number of sulfonamides is 1. The van der Waals surface area contributed by atoms with E-state index in [-0.39, 0.29) is 24.6 Å². The molecule has 1 amide bonds. The lowest BCUT2D eigenvalue weighted by molar-refractivity contribution is -0.122. The van der Waals surface area contributed by atoms with Gasteiger partial charge in [-0.3, -0.25) is 4.79 Å². The summed E-state index contributed by atoms with van der Waals surface area (Å²) in [6, 6.07) is -0.605. The van der Waals surface area contributed by atoms with Gasteiger partial charge in [0.15, 0.2) is 0 Å². The fourth-order valence-corrected chi connectivity index (χ4v) is 8.02. The Morgan fingerprint density at radius 1 is 0.941 bits per heavy atom. The van der Waals surface area contributed by atoms with Gasteiger partial charge in [0.05, 0.1) is 23.1 Å². The normalized spacial score (nSPS) is 21.0. The number of sulfone groups is 1. The van der Waals surface area contributed by atoms with Gasteiger partial charge < -0.3 is 10.4 Å². The van der Waals surface area contributed by atoms with Gasteiger partial charge in [-0.1, -0.05) is 65.2 Å². The zero-order valence-electron chi connectivity index (χ0n) is 21.2. The number of hydrogen-bond acceptors (Lipinski definition) is 6. The minimum absolute atomic E-state index is 0.0548. The maximum atomic E-state index is 13.5. The first-order chi connectivity index (χ1) is 15.9. The summed E-state index contributed by atoms with van der Waals surface area (Å²) in [6.45, 7) is 4.19. The summed E-state index contributed by atoms with van der Waals surface area (Å²) in [5, 5.41) is 13.7. The fourth-order valence-electron chi connectivity index (χ4n) is 5.25. The average Bonchev–Trinajstić information content (AvgIpc) is 2.77. The van der Waals surface area contributed by atoms with Crippen molar-refractivity contribution in [3.8, 4) is 0 Å². The number of rotatable bonds is 13. The lowest BCUT2D eigenvalue weighted by Crippen LogP contribution is -2.52. The Morgan fingerprint density at radius 2 is 1.50 bits per heavy atom. The molecule has 8 nitrogen and oxygen atoms in total. The van der Waals surface area contributed by atoms with Crippen molar-refractivity contribution in [2.24, 2.45) is 11.8 Å². The zero-order chi connectivity index (χ0) is 25.4. The highest BCUT2D eigenvalue weighted by Gasteiger charge is 2.36. The van der Waals surface area contributed by atoms with Crippen LogP contribution in [0.15, 0.2) is 0 Å². The first kappa shape index (κ1) is 29.5. The number of aliphatic hydroxyl groups excluding tert-OH is 1. The minimum Gasteiger partial charge on any atom is -0.390 e. The van der Waals surface area contributed by atoms with Crippen molar-refractivity contribution in [3.63, 3.8) is 0 Å². The van der Waals surface area contributed by atoms with E-state index in [0.29, 0.717) is 31.7 Å². The third-order valence-corrected chi connectivity index (χ3v) is 10.4. The molecule has 0 radical (unpaired) electrons. The molecule has 2 atom stereocenters. The Morgan fingerprint density at radius 3 is 2.03 bits per heavy atom. The zero-order valence-corrected chi connectivity index (χ0v) is 22.9. The molecule has 1 unspecified atom stereocenters. The molecule has 0 aromatic carbocycles. The highest BCUT2D eigenvalue weighted by molar-refractivity contribution is 7.90. The van der Waals surface area contributed by atoms with E-state index in [2.05, 4.69) is 5.32 Å². The molecular weight excluding hydrogens is 476 g/mol. The second-order valence-corrected chi connectivity index (χ2v) is 15.3. The standard InChI is InChI=1S/C24H46N2O6S2/c1-19(2)17-26(34(31,32)21-12-8-5-9-13-21)18-23(27)22(16-20-10-6-4-7-11-20)25-24(28)14-15-33(3,29)30/h19-23,27H,4-18H2,1-3H3,(H,25,28)/t22?,23-/m1/s1. The molecule has 2 saturated carbocycles. The van der Waals surface area contributed by atoms with Gasteiger partial charge in [-0.25, -0.2) is 16.8 Å². The third-order valence-electron chi connectivity index (χ3n) is 7.12. The summed E-state index contributed by atoms with van der Waals surface area (Å²) >= 11 is 0. The van der Waals surface area contributed by atoms with Gasteiger partial charge in [0.25, 0.3) is 0 Å². The van der Waals surface area contributed by atoms with E-state index in [4.69, 9.17) is 0 Å². The van der Waals surface area contributed by atoms with Crippen LogP contribution in [0.1, 0.15) is 90.9 Å². The minimum atomic E-state index is -3.56. The SMILES string of the molecule is CC(C)CN(C[C@@H](O)C(CC1CCCCC1)NC(=O)CCS(C)(=O)=O)S(=O)(=O)C1CCCCC1. The van der Waals surface area contributed by atoms with Crippen LogP contribution in [0.2, 0.25) is 0 Å². The molecule has 34 heavy (non-hydrogen) atoms. The summed E-state index contributed by atoms with van der Waals surface area (Å²) in [5.74, 6) is -0.208. The van der Waals surface area contributed by atoms with Gasteiger partial charge in [0.1, 0.15) is 9.84 Å². The predicted octanol–water partition coefficient (Wildman–Crippen LogP) is 2.86. The Kier molecular flexibility index (Phi) is 11.8. The Hall–Kier alpha value is -0.710. The average molecular weight is 523 g/mol. The molecule has 0 aromatic heterocycles. The summed E-state index contributed by atoms with van der Waals surface area (Å²) in [5.41, 5.74) is 0. The van der Waals surface area contributed by atoms with E-state index in [1.165, 1.54) is 10.7 Å². The summed E-state index contributed by atoms with van der Waals surface area (Å²) < 4.78 is 51.3. The van der Waals surface area contributed by atoms with E-state index in [1.807, 2.05) is 13.8 Å². The van der Waals surface area contributed by atoms with Crippen molar-refractivity contribution in [3.05, 3.63) is 0 Å². The molecular formula is C24H46N2O6S2. The molecule has 2 aliphatic rings. The second kappa shape index (κ2) is 13.6. The van der Waals surface area contributed by atoms with Crippen LogP contribution in [0.3, 0.4) is 0 Å². The molecule has 0 aliphatic heterocycles. The molecule has 0 bridgehead atoms. The third kappa shape index (κ3) is 10.1. The van der Waals surface area contributed by atoms with E-state index >= 15 is 0 Å². The molecule has 0 spiro atoms. The monoisotopic (exact) mass is 522 g/mol. The van der Waals surface area contributed by atoms with Crippen LogP contribution in [0.5, 0.6) is 0 Å². The smallest absolute Gasteiger partial charge is 0.221 e. The molecule has 2 N–H and O–H groups in total. The Labute approximate surface area is 207 Å². The van der Waals surface area contributed by atoms with Gasteiger partial charge >= 0.3 is 0 Å². The largest absolute Gasteiger partial charge is 0.390 e. The summed E-state index contributed by atoms with van der Waals surface area (Å²) in [7, 11) is -6.84. The van der Waals surface area contributed by atoms with Crippen LogP contribution >= 0.6 is 0 Å². The van der Waals surface area contributed by atoms with Crippen LogP contribution in [-0.2, 0) is 24.7 Å². The van der Waals surface area contributed by atoms with Crippen molar-refractivity contribution >= 4 is 25.8 Å². The number of aliphatic hydroxyl groups is 1. The molecule has 200 valence electrons. The van der Waals surface area contributed by atoms with E-state index < -0.39 is 43.2 Å². The van der Waals surface area contributed by atoms with Crippen LogP contribution in [0.4, 0.5) is 0 Å². The van der Waals surface area contributed by atoms with Gasteiger partial charge in [-0.2, -0.15) is 4.31 Å². The van der Waals surface area contributed by atoms with Crippen LogP contribution in [-0.4, -0.2) is 74.6 Å². The van der Waals surface area contributed by atoms with Gasteiger partial charge in [0, 0.05) is 25.8 Å². The number of nitrogens with zero attached hydrogens (tertiary/aromatic N) is 1. The quantitative estimate of drug-likeness (QED) is 0.384. The lowest BCUT2D eigenvalue weighted by Gasteiger charge is -2.35. The number of amides is 1. The number of nitrogens with one attached hydrogen (secondary N) is 1. The number of carbonyl (C=O) groups is 1. The first-order valence-corrected chi connectivity index (χ1v) is 16.6. The maximum Gasteiger partial charge on any atom is 0.221 e. The van der Waals surface area contributed by atoms with E-state index in [0.717, 1.165) is 51.2 Å². The molecule has 0 saturated heterocycles. The van der Waals surface area contributed by atoms with E-state index in [9.17, 15) is 26.7 Å². The van der Waals surface area contributed by atoms with Crippen LogP contribution < -0.4 is 5.32 Å². The fraction of sp³-hybridized carbons (Fsp3) is 0.958. The second-order valence-electron chi connectivity index (χ2n) is 10.9. The topological polar surface area (TPSA) is 121 Å². The molecule has 2 rings (SSSR count). The molecule has 0 heterocycles. The summed E-state index contributed by atoms with van der Waals surface area (Å²) in [6.07, 6.45) is 10.1. The predicted molar refractivity (Wildman–Crippen MR) is 136 cm³/mol. The molecule has 0 aromatic rings. The number of hydrogen-bond donors (Lipinski definition) is 2. The number of carbonyl (C=O) groups excluding carboxylic acids is 1. The van der Waals surface area contributed by atoms with E-state index in [1.54, 1.807) is 0 Å². The molecule has 2 fully saturated rings. The Bertz CT molecular complexity index is 832. The maximum absolute atomic E-state index is 13.5. The van der Waals surface area contributed by atoms with Gasteiger partial charge in [-0.15, -0.1) is 0 Å². The first-order valence-electron chi connectivity index (χ1n) is 13.0. The van der Waals surface area contributed by atoms with Crippen molar-refractivity contribution in [2.45, 2.75) is 108 Å². The van der Waals surface area contributed by atoms with Gasteiger partial charge in [-0.05, 0) is 31.1 Å². The molecule has 10 heteroatoms. The van der Waals surface area contributed by atoms with Crippen molar-refractivity contribution < 1.29 is 26.7 Å². The summed E-state index contributed by atoms with van der Waals surface area (Å²) in [4.78, 5) is 12.5. The molecule has 2 aliphatic carbocycles. The van der Waals surface area contributed by atoms with Gasteiger partial charge in [0.2, 0.25) is 15.9 Å². The highest BCUT2D eigenvalue weighted by atomic mass is 32.2. The van der Waals surface area contributed by atoms with Crippen molar-refractivity contribution in [2.75, 3.05) is 25.1 Å².